The van der Waals surface area contributed by atoms with Crippen LogP contribution in [0.25, 0.3) is 0 Å². The number of carbonyl (C=O) groups is 3. The summed E-state index contributed by atoms with van der Waals surface area (Å²) in [6.45, 7) is 14.7. The number of carbonyl (C=O) groups excluding carboxylic acids is 3. The Morgan fingerprint density at radius 1 is 0.545 bits per heavy atom. The van der Waals surface area contributed by atoms with Gasteiger partial charge in [-0.1, -0.05) is 128 Å². The number of allylic oxidation sites excluding steroid dienone is 6. The van der Waals surface area contributed by atoms with Crippen LogP contribution in [-0.4, -0.2) is 62.8 Å². The summed E-state index contributed by atoms with van der Waals surface area (Å²) in [6, 6.07) is 0. The molecule has 0 rings (SSSR count). The normalized spacial score (nSPS) is 12.7. The van der Waals surface area contributed by atoms with Crippen LogP contribution in [-0.2, 0) is 28.6 Å². The van der Waals surface area contributed by atoms with Gasteiger partial charge in [-0.2, -0.15) is 0 Å². The van der Waals surface area contributed by atoms with Gasteiger partial charge in [0.05, 0.1) is 32.5 Å². The molecule has 0 fully saturated rings. The van der Waals surface area contributed by atoms with Crippen LogP contribution in [0.4, 0.5) is 0 Å². The van der Waals surface area contributed by atoms with Crippen molar-refractivity contribution in [3.63, 3.8) is 0 Å². The molecule has 0 spiro atoms. The van der Waals surface area contributed by atoms with E-state index in [1.807, 2.05) is 38.2 Å². The van der Waals surface area contributed by atoms with Crippen molar-refractivity contribution in [2.24, 2.45) is 10.8 Å². The van der Waals surface area contributed by atoms with Crippen LogP contribution < -0.4 is 0 Å². The average Bonchev–Trinajstić information content (AvgIpc) is 3.10. The van der Waals surface area contributed by atoms with E-state index >= 15 is 0 Å². The van der Waals surface area contributed by atoms with Gasteiger partial charge in [0.15, 0.2) is 0 Å². The largest absolute Gasteiger partial charge is 0.466 e. The molecule has 0 aromatic heterocycles. The third-order valence-corrected chi connectivity index (χ3v) is 9.80. The molecular weight excluding hydrogens is 687 g/mol. The second-order valence-electron chi connectivity index (χ2n) is 17.1. The van der Waals surface area contributed by atoms with Gasteiger partial charge in [0.2, 0.25) is 0 Å². The molecule has 0 saturated carbocycles. The molecule has 0 aromatic carbocycles. The van der Waals surface area contributed by atoms with Gasteiger partial charge in [-0.05, 0) is 122 Å². The van der Waals surface area contributed by atoms with Gasteiger partial charge in [-0.15, -0.1) is 0 Å². The Labute approximate surface area is 339 Å². The molecule has 0 bridgehead atoms. The highest BCUT2D eigenvalue weighted by Gasteiger charge is 2.32. The Morgan fingerprint density at radius 3 is 1.40 bits per heavy atom. The van der Waals surface area contributed by atoms with Gasteiger partial charge in [-0.25, -0.2) is 0 Å². The van der Waals surface area contributed by atoms with Gasteiger partial charge in [0.25, 0.3) is 0 Å². The van der Waals surface area contributed by atoms with E-state index in [4.69, 9.17) is 14.2 Å². The maximum atomic E-state index is 13.3. The number of hydrogen-bond donors (Lipinski definition) is 0. The molecule has 0 atom stereocenters. The van der Waals surface area contributed by atoms with Crippen LogP contribution >= 0.6 is 0 Å². The summed E-state index contributed by atoms with van der Waals surface area (Å²) in [5, 5.41) is 0. The molecule has 318 valence electrons. The minimum Gasteiger partial charge on any atom is -0.466 e. The third-order valence-electron chi connectivity index (χ3n) is 9.80. The fourth-order valence-electron chi connectivity index (χ4n) is 7.11. The number of rotatable bonds is 36. The zero-order chi connectivity index (χ0) is 41.0. The van der Waals surface area contributed by atoms with Crippen molar-refractivity contribution in [2.75, 3.05) is 33.9 Å². The smallest absolute Gasteiger partial charge is 0.309 e. The summed E-state index contributed by atoms with van der Waals surface area (Å²) in [5.41, 5.74) is 0.0804. The molecule has 0 heterocycles. The first kappa shape index (κ1) is 52.3. The van der Waals surface area contributed by atoms with Crippen molar-refractivity contribution in [3.8, 4) is 0 Å². The second-order valence-corrected chi connectivity index (χ2v) is 17.1. The number of hydrogen-bond acceptors (Lipinski definition) is 7. The van der Waals surface area contributed by atoms with E-state index in [2.05, 4.69) is 71.0 Å². The van der Waals surface area contributed by atoms with E-state index in [-0.39, 0.29) is 34.8 Å². The van der Waals surface area contributed by atoms with Crippen LogP contribution in [0.15, 0.2) is 48.6 Å². The Bertz CT molecular complexity index is 1030. The molecule has 7 heteroatoms. The summed E-state index contributed by atoms with van der Waals surface area (Å²) in [6.07, 6.45) is 40.3. The summed E-state index contributed by atoms with van der Waals surface area (Å²) in [4.78, 5) is 38.3. The van der Waals surface area contributed by atoms with Crippen molar-refractivity contribution < 1.29 is 28.6 Å². The lowest BCUT2D eigenvalue weighted by Crippen LogP contribution is -2.30. The lowest BCUT2D eigenvalue weighted by molar-refractivity contribution is -0.152. The molecule has 0 unspecified atom stereocenters. The van der Waals surface area contributed by atoms with E-state index in [0.29, 0.717) is 32.5 Å². The van der Waals surface area contributed by atoms with E-state index in [0.717, 1.165) is 70.8 Å². The van der Waals surface area contributed by atoms with Gasteiger partial charge in [0.1, 0.15) is 6.10 Å². The SMILES string of the molecule is CCOC(=O)C/C=C\C/C=C\CCCCCCCCC(CCCCCCCC/C=C\C/C=C\CC(=O)OCC)OC(=O)CC(C)(C)CC(C)(C)CCN(C)C. The summed E-state index contributed by atoms with van der Waals surface area (Å²) in [5.74, 6) is -0.360. The van der Waals surface area contributed by atoms with Crippen LogP contribution in [0.2, 0.25) is 0 Å². The highest BCUT2D eigenvalue weighted by Crippen LogP contribution is 2.39. The fourth-order valence-corrected chi connectivity index (χ4v) is 7.11. The molecule has 0 aliphatic rings. The average molecular weight is 772 g/mol. The number of esters is 3. The maximum Gasteiger partial charge on any atom is 0.309 e. The predicted molar refractivity (Wildman–Crippen MR) is 232 cm³/mol. The lowest BCUT2D eigenvalue weighted by atomic mass is 9.72. The highest BCUT2D eigenvalue weighted by molar-refractivity contribution is 5.71. The molecular formula is C48H85NO6. The van der Waals surface area contributed by atoms with Crippen molar-refractivity contribution in [1.82, 2.24) is 4.90 Å². The quantitative estimate of drug-likeness (QED) is 0.0271. The first-order valence-electron chi connectivity index (χ1n) is 22.1. The first-order chi connectivity index (χ1) is 26.3. The predicted octanol–water partition coefficient (Wildman–Crippen LogP) is 12.8. The molecule has 0 aromatic rings. The van der Waals surface area contributed by atoms with Crippen molar-refractivity contribution in [2.45, 2.75) is 195 Å². The zero-order valence-corrected chi connectivity index (χ0v) is 37.0. The second kappa shape index (κ2) is 34.6. The molecule has 0 aliphatic heterocycles. The van der Waals surface area contributed by atoms with Gasteiger partial charge in [-0.3, -0.25) is 14.4 Å². The van der Waals surface area contributed by atoms with Crippen molar-refractivity contribution in [3.05, 3.63) is 48.6 Å². The molecule has 0 radical (unpaired) electrons. The van der Waals surface area contributed by atoms with Crippen LogP contribution in [0.3, 0.4) is 0 Å². The first-order valence-corrected chi connectivity index (χ1v) is 22.1. The molecule has 0 amide bonds. The van der Waals surface area contributed by atoms with E-state index in [1.54, 1.807) is 0 Å². The molecule has 0 saturated heterocycles. The summed E-state index contributed by atoms with van der Waals surface area (Å²) < 4.78 is 16.1. The van der Waals surface area contributed by atoms with Crippen LogP contribution in [0.5, 0.6) is 0 Å². The summed E-state index contributed by atoms with van der Waals surface area (Å²) >= 11 is 0. The van der Waals surface area contributed by atoms with E-state index < -0.39 is 0 Å². The number of ether oxygens (including phenoxy) is 3. The minimum atomic E-state index is -0.168. The summed E-state index contributed by atoms with van der Waals surface area (Å²) in [7, 11) is 4.24. The number of unbranched alkanes of at least 4 members (excludes halogenated alkanes) is 12. The fraction of sp³-hybridized carbons (Fsp3) is 0.771. The van der Waals surface area contributed by atoms with Crippen molar-refractivity contribution in [1.29, 1.82) is 0 Å². The Balaban J connectivity index is 4.56. The number of nitrogens with zero attached hydrogens (tertiary/aromatic N) is 1. The Kier molecular flexibility index (Phi) is 32.9. The third kappa shape index (κ3) is 36.7. The van der Waals surface area contributed by atoms with Gasteiger partial charge >= 0.3 is 17.9 Å². The molecule has 0 N–H and O–H groups in total. The lowest BCUT2D eigenvalue weighted by Gasteiger charge is -2.35. The zero-order valence-electron chi connectivity index (χ0n) is 37.0. The monoisotopic (exact) mass is 772 g/mol. The highest BCUT2D eigenvalue weighted by atomic mass is 16.5. The Hall–Kier alpha value is -2.67. The topological polar surface area (TPSA) is 82.1 Å². The van der Waals surface area contributed by atoms with Gasteiger partial charge in [0, 0.05) is 0 Å². The Morgan fingerprint density at radius 2 is 0.964 bits per heavy atom. The minimum absolute atomic E-state index is 0.0245. The van der Waals surface area contributed by atoms with Crippen LogP contribution in [0.1, 0.15) is 189 Å². The van der Waals surface area contributed by atoms with E-state index in [1.165, 1.54) is 64.2 Å². The maximum absolute atomic E-state index is 13.3. The molecule has 7 nitrogen and oxygen atoms in total. The van der Waals surface area contributed by atoms with Gasteiger partial charge < -0.3 is 19.1 Å². The van der Waals surface area contributed by atoms with E-state index in [9.17, 15) is 14.4 Å². The van der Waals surface area contributed by atoms with Crippen LogP contribution in [0, 0.1) is 10.8 Å². The standard InChI is InChI=1S/C48H85NO6/c1-9-53-44(50)37-33-29-25-21-17-13-11-15-19-23-27-31-35-43(55-46(52)41-48(5,6)42-47(3,4)39-40-49(7)8)36-32-28-24-20-16-12-14-18-22-26-30-34-38-45(51)54-10-2/h17-18,21-22,29-30,33-34,43H,9-16,19-20,23-28,31-32,35-42H2,1-8H3/b21-17-,22-18-,33-29-,34-30-. The molecule has 0 aliphatic carbocycles. The molecule has 55 heavy (non-hydrogen) atoms. The van der Waals surface area contributed by atoms with Crippen molar-refractivity contribution >= 4 is 17.9 Å².